The lowest BCUT2D eigenvalue weighted by molar-refractivity contribution is 0.301. The Morgan fingerprint density at radius 1 is 1.28 bits per heavy atom. The maximum Gasteiger partial charge on any atom is 0.0644 e. The molecule has 0 amide bonds. The summed E-state index contributed by atoms with van der Waals surface area (Å²) in [5, 5.41) is 8.20. The van der Waals surface area contributed by atoms with Gasteiger partial charge in [0.25, 0.3) is 0 Å². The molecule has 4 unspecified atom stereocenters. The van der Waals surface area contributed by atoms with E-state index in [0.717, 1.165) is 11.8 Å². The Labute approximate surface area is 110 Å². The zero-order valence-electron chi connectivity index (χ0n) is 12.0. The van der Waals surface area contributed by atoms with E-state index in [9.17, 15) is 0 Å². The van der Waals surface area contributed by atoms with Crippen molar-refractivity contribution in [3.8, 4) is 0 Å². The number of fused-ring (bicyclic) bond motifs is 2. The monoisotopic (exact) mass is 247 g/mol. The van der Waals surface area contributed by atoms with Gasteiger partial charge in [0.2, 0.25) is 0 Å². The molecule has 3 heteroatoms. The lowest BCUT2D eigenvalue weighted by Gasteiger charge is -2.24. The quantitative estimate of drug-likeness (QED) is 0.889. The molecule has 0 aliphatic heterocycles. The van der Waals surface area contributed by atoms with E-state index in [1.807, 2.05) is 7.05 Å². The fourth-order valence-electron chi connectivity index (χ4n) is 4.28. The highest BCUT2D eigenvalue weighted by atomic mass is 15.3. The minimum absolute atomic E-state index is 0.400. The highest BCUT2D eigenvalue weighted by Gasteiger charge is 2.41. The summed E-state index contributed by atoms with van der Waals surface area (Å²) in [6.07, 6.45) is 5.69. The summed E-state index contributed by atoms with van der Waals surface area (Å²) >= 11 is 0. The molecule has 0 aromatic carbocycles. The molecule has 1 aromatic rings. The molecule has 3 nitrogen and oxygen atoms in total. The molecule has 0 saturated heterocycles. The third kappa shape index (κ3) is 1.71. The van der Waals surface area contributed by atoms with Gasteiger partial charge in [-0.25, -0.2) is 0 Å². The molecule has 2 bridgehead atoms. The third-order valence-electron chi connectivity index (χ3n) is 5.26. The molecule has 3 rings (SSSR count). The van der Waals surface area contributed by atoms with Crippen LogP contribution in [0.4, 0.5) is 0 Å². The predicted octanol–water partition coefficient (Wildman–Crippen LogP) is 3.14. The number of aryl methyl sites for hydroxylation is 1. The maximum atomic E-state index is 4.86. The number of nitrogens with one attached hydrogen (secondary N) is 1. The van der Waals surface area contributed by atoms with E-state index in [2.05, 4.69) is 30.8 Å². The first-order valence-electron chi connectivity index (χ1n) is 7.34. The Hall–Kier alpha value is -0.830. The second-order valence-electron chi connectivity index (χ2n) is 6.28. The summed E-state index contributed by atoms with van der Waals surface area (Å²) in [5.41, 5.74) is 3.99. The largest absolute Gasteiger partial charge is 0.313 e. The van der Waals surface area contributed by atoms with Crippen LogP contribution in [0.15, 0.2) is 0 Å². The molecule has 100 valence electrons. The van der Waals surface area contributed by atoms with Gasteiger partial charge in [-0.2, -0.15) is 5.10 Å². The van der Waals surface area contributed by atoms with Gasteiger partial charge in [0.1, 0.15) is 0 Å². The van der Waals surface area contributed by atoms with Crippen LogP contribution in [0.3, 0.4) is 0 Å². The number of aromatic nitrogens is 2. The summed E-state index contributed by atoms with van der Waals surface area (Å²) < 4.78 is 2.35. The normalized spacial score (nSPS) is 32.1. The number of nitrogens with zero attached hydrogens (tertiary/aromatic N) is 2. The van der Waals surface area contributed by atoms with Gasteiger partial charge in [-0.3, -0.25) is 4.68 Å². The number of hydrogen-bond acceptors (Lipinski definition) is 2. The van der Waals surface area contributed by atoms with Crippen LogP contribution in [0.25, 0.3) is 0 Å². The summed E-state index contributed by atoms with van der Waals surface area (Å²) in [7, 11) is 2.03. The second kappa shape index (κ2) is 4.37. The smallest absolute Gasteiger partial charge is 0.0644 e. The van der Waals surface area contributed by atoms with E-state index >= 15 is 0 Å². The first kappa shape index (κ1) is 12.2. The van der Waals surface area contributed by atoms with E-state index in [0.29, 0.717) is 12.1 Å². The van der Waals surface area contributed by atoms with Gasteiger partial charge in [0, 0.05) is 17.3 Å². The third-order valence-corrected chi connectivity index (χ3v) is 5.26. The lowest BCUT2D eigenvalue weighted by Crippen LogP contribution is -2.19. The molecule has 0 radical (unpaired) electrons. The second-order valence-corrected chi connectivity index (χ2v) is 6.28. The van der Waals surface area contributed by atoms with Crippen molar-refractivity contribution in [2.75, 3.05) is 7.05 Å². The molecule has 2 saturated carbocycles. The van der Waals surface area contributed by atoms with Crippen molar-refractivity contribution in [2.24, 2.45) is 11.8 Å². The molecule has 18 heavy (non-hydrogen) atoms. The summed E-state index contributed by atoms with van der Waals surface area (Å²) in [6, 6.07) is 1.08. The molecule has 0 spiro atoms. The van der Waals surface area contributed by atoms with Gasteiger partial charge >= 0.3 is 0 Å². The van der Waals surface area contributed by atoms with E-state index in [1.54, 1.807) is 0 Å². The molecule has 2 aliphatic carbocycles. The minimum atomic E-state index is 0.400. The van der Waals surface area contributed by atoms with Gasteiger partial charge in [-0.1, -0.05) is 6.42 Å². The van der Waals surface area contributed by atoms with Gasteiger partial charge in [-0.05, 0) is 58.9 Å². The molecule has 2 fully saturated rings. The fraction of sp³-hybridized carbons (Fsp3) is 0.800. The zero-order valence-corrected chi connectivity index (χ0v) is 12.0. The van der Waals surface area contributed by atoms with Crippen molar-refractivity contribution in [1.82, 2.24) is 15.1 Å². The maximum absolute atomic E-state index is 4.86. The number of rotatable bonds is 3. The van der Waals surface area contributed by atoms with E-state index < -0.39 is 0 Å². The topological polar surface area (TPSA) is 29.9 Å². The Morgan fingerprint density at radius 3 is 2.61 bits per heavy atom. The van der Waals surface area contributed by atoms with E-state index in [1.165, 1.54) is 42.6 Å². The van der Waals surface area contributed by atoms with Crippen molar-refractivity contribution >= 4 is 0 Å². The van der Waals surface area contributed by atoms with Crippen LogP contribution in [0.5, 0.6) is 0 Å². The molecule has 2 aliphatic rings. The van der Waals surface area contributed by atoms with E-state index in [4.69, 9.17) is 5.10 Å². The first-order valence-corrected chi connectivity index (χ1v) is 7.34. The Bertz CT molecular complexity index is 449. The summed E-state index contributed by atoms with van der Waals surface area (Å²) in [4.78, 5) is 0. The molecular formula is C15H25N3. The molecule has 1 N–H and O–H groups in total. The first-order chi connectivity index (χ1) is 8.61. The van der Waals surface area contributed by atoms with Gasteiger partial charge in [0.15, 0.2) is 0 Å². The average molecular weight is 247 g/mol. The van der Waals surface area contributed by atoms with Crippen LogP contribution < -0.4 is 5.32 Å². The van der Waals surface area contributed by atoms with Crippen molar-refractivity contribution in [2.45, 2.75) is 58.5 Å². The molecular weight excluding hydrogens is 222 g/mol. The summed E-state index contributed by atoms with van der Waals surface area (Å²) in [6.45, 7) is 6.62. The van der Waals surface area contributed by atoms with Crippen LogP contribution in [-0.4, -0.2) is 16.8 Å². The predicted molar refractivity (Wildman–Crippen MR) is 73.7 cm³/mol. The highest BCUT2D eigenvalue weighted by molar-refractivity contribution is 5.28. The zero-order chi connectivity index (χ0) is 12.9. The van der Waals surface area contributed by atoms with Crippen molar-refractivity contribution in [1.29, 1.82) is 0 Å². The molecule has 1 aromatic heterocycles. The van der Waals surface area contributed by atoms with Crippen molar-refractivity contribution < 1.29 is 0 Å². The minimum Gasteiger partial charge on any atom is -0.313 e. The van der Waals surface area contributed by atoms with Crippen LogP contribution in [-0.2, 0) is 0 Å². The lowest BCUT2D eigenvalue weighted by atomic mass is 9.95. The van der Waals surface area contributed by atoms with Crippen LogP contribution in [0, 0.1) is 25.7 Å². The van der Waals surface area contributed by atoms with Gasteiger partial charge < -0.3 is 5.32 Å². The van der Waals surface area contributed by atoms with Crippen LogP contribution >= 0.6 is 0 Å². The fourth-order valence-corrected chi connectivity index (χ4v) is 4.28. The van der Waals surface area contributed by atoms with Gasteiger partial charge in [0.05, 0.1) is 11.7 Å². The summed E-state index contributed by atoms with van der Waals surface area (Å²) in [5.74, 6) is 1.87. The van der Waals surface area contributed by atoms with Crippen LogP contribution in [0.1, 0.15) is 61.6 Å². The Kier molecular flexibility index (Phi) is 2.97. The van der Waals surface area contributed by atoms with Crippen molar-refractivity contribution in [3.63, 3.8) is 0 Å². The SMILES string of the molecule is CNC(C)c1c(C)nn(C2CC3CCC2C3)c1C. The molecule has 1 heterocycles. The highest BCUT2D eigenvalue weighted by Crippen LogP contribution is 2.51. The average Bonchev–Trinajstić information content (AvgIpc) is 3.03. The number of hydrogen-bond donors (Lipinski definition) is 1. The molecule has 4 atom stereocenters. The van der Waals surface area contributed by atoms with E-state index in [-0.39, 0.29) is 0 Å². The Morgan fingerprint density at radius 2 is 2.06 bits per heavy atom. The standard InChI is InChI=1S/C15H25N3/c1-9(16-4)15-10(2)17-18(11(15)3)14-8-12-5-6-13(14)7-12/h9,12-14,16H,5-8H2,1-4H3. The van der Waals surface area contributed by atoms with Crippen LogP contribution in [0.2, 0.25) is 0 Å². The van der Waals surface area contributed by atoms with Gasteiger partial charge in [-0.15, -0.1) is 0 Å². The Balaban J connectivity index is 1.94. The van der Waals surface area contributed by atoms with Crippen molar-refractivity contribution in [3.05, 3.63) is 17.0 Å².